The van der Waals surface area contributed by atoms with Crippen molar-refractivity contribution in [2.24, 2.45) is 0 Å². The van der Waals surface area contributed by atoms with Crippen LogP contribution in [0.15, 0.2) is 53.3 Å². The first kappa shape index (κ1) is 26.3. The fraction of sp³-hybridized carbons (Fsp3) is 0.429. The van der Waals surface area contributed by atoms with Gasteiger partial charge < -0.3 is 14.4 Å². The van der Waals surface area contributed by atoms with E-state index in [1.54, 1.807) is 22.5 Å². The number of para-hydroxylation sites is 3. The van der Waals surface area contributed by atoms with Crippen molar-refractivity contribution in [3.63, 3.8) is 0 Å². The topological polar surface area (TPSA) is 94.0 Å². The molecule has 2 aromatic carbocycles. The number of rotatable bonds is 9. The number of amides is 1. The molecule has 0 radical (unpaired) electrons. The van der Waals surface area contributed by atoms with Crippen LogP contribution in [-0.4, -0.2) is 70.6 Å². The minimum absolute atomic E-state index is 0.0493. The quantitative estimate of drug-likeness (QED) is 0.411. The van der Waals surface area contributed by atoms with E-state index in [0.717, 1.165) is 0 Å². The molecule has 2 heterocycles. The van der Waals surface area contributed by atoms with Crippen molar-refractivity contribution < 1.29 is 19.1 Å². The Bertz CT molecular complexity index is 1310. The molecule has 9 nitrogen and oxygen atoms in total. The van der Waals surface area contributed by atoms with Crippen molar-refractivity contribution in [2.45, 2.75) is 39.7 Å². The lowest BCUT2D eigenvalue weighted by Gasteiger charge is -2.38. The average Bonchev–Trinajstić information content (AvgIpc) is 2.92. The molecule has 1 aromatic heterocycles. The average molecular weight is 507 g/mol. The Labute approximate surface area is 216 Å². The van der Waals surface area contributed by atoms with E-state index in [1.807, 2.05) is 56.3 Å². The van der Waals surface area contributed by atoms with Gasteiger partial charge in [0.25, 0.3) is 5.56 Å². The first-order valence-corrected chi connectivity index (χ1v) is 12.9. The Balaban J connectivity index is 1.60. The summed E-state index contributed by atoms with van der Waals surface area (Å²) in [6.07, 6.45) is 0.240. The number of fused-ring (bicyclic) bond motifs is 1. The van der Waals surface area contributed by atoms with Crippen molar-refractivity contribution in [1.29, 1.82) is 0 Å². The monoisotopic (exact) mass is 506 g/mol. The Morgan fingerprint density at radius 1 is 0.946 bits per heavy atom. The molecule has 0 bridgehead atoms. The smallest absolute Gasteiger partial charge is 0.306 e. The molecule has 0 spiro atoms. The molecule has 1 aliphatic rings. The summed E-state index contributed by atoms with van der Waals surface area (Å²) < 4.78 is 12.4. The van der Waals surface area contributed by atoms with Gasteiger partial charge in [0, 0.05) is 32.6 Å². The second-order valence-electron chi connectivity index (χ2n) is 8.93. The minimum atomic E-state index is -0.351. The fourth-order valence-electron chi connectivity index (χ4n) is 4.70. The second kappa shape index (κ2) is 12.0. The second-order valence-corrected chi connectivity index (χ2v) is 8.93. The number of piperazine rings is 1. The van der Waals surface area contributed by atoms with E-state index < -0.39 is 0 Å². The summed E-state index contributed by atoms with van der Waals surface area (Å²) in [5.41, 5.74) is 1.15. The molecular weight excluding hydrogens is 472 g/mol. The van der Waals surface area contributed by atoms with Gasteiger partial charge in [-0.3, -0.25) is 23.9 Å². The van der Waals surface area contributed by atoms with Crippen molar-refractivity contribution >= 4 is 22.8 Å². The highest BCUT2D eigenvalue weighted by Gasteiger charge is 2.29. The van der Waals surface area contributed by atoms with E-state index >= 15 is 0 Å². The number of esters is 1. The summed E-state index contributed by atoms with van der Waals surface area (Å²) >= 11 is 0. The van der Waals surface area contributed by atoms with Gasteiger partial charge >= 0.3 is 5.97 Å². The summed E-state index contributed by atoms with van der Waals surface area (Å²) in [6, 6.07) is 14.7. The molecule has 1 aliphatic heterocycles. The summed E-state index contributed by atoms with van der Waals surface area (Å²) in [5.74, 6) is 0.843. The van der Waals surface area contributed by atoms with E-state index in [2.05, 4.69) is 4.90 Å². The van der Waals surface area contributed by atoms with Crippen LogP contribution >= 0.6 is 0 Å². The van der Waals surface area contributed by atoms with E-state index in [0.29, 0.717) is 67.6 Å². The number of benzene rings is 2. The van der Waals surface area contributed by atoms with Gasteiger partial charge in [0.15, 0.2) is 0 Å². The van der Waals surface area contributed by atoms with E-state index in [4.69, 9.17) is 14.5 Å². The molecule has 1 atom stereocenters. The van der Waals surface area contributed by atoms with Crippen LogP contribution in [0.25, 0.3) is 16.6 Å². The number of nitrogens with zero attached hydrogens (tertiary/aromatic N) is 4. The highest BCUT2D eigenvalue weighted by atomic mass is 16.5. The van der Waals surface area contributed by atoms with Gasteiger partial charge in [-0.2, -0.15) is 0 Å². The molecule has 0 aliphatic carbocycles. The van der Waals surface area contributed by atoms with Gasteiger partial charge in [0.1, 0.15) is 11.6 Å². The molecule has 4 rings (SSSR count). The van der Waals surface area contributed by atoms with Crippen LogP contribution in [0.4, 0.5) is 0 Å². The number of ether oxygens (including phenoxy) is 2. The zero-order chi connectivity index (χ0) is 26.4. The van der Waals surface area contributed by atoms with Crippen LogP contribution in [0.2, 0.25) is 0 Å². The molecule has 0 saturated carbocycles. The third-order valence-electron chi connectivity index (χ3n) is 6.64. The minimum Gasteiger partial charge on any atom is -0.492 e. The molecule has 1 fully saturated rings. The maximum atomic E-state index is 13.8. The van der Waals surface area contributed by atoms with Crippen LogP contribution in [0.5, 0.6) is 5.75 Å². The van der Waals surface area contributed by atoms with Crippen molar-refractivity contribution in [3.8, 4) is 11.4 Å². The molecule has 1 unspecified atom stereocenters. The van der Waals surface area contributed by atoms with Crippen LogP contribution in [0.3, 0.4) is 0 Å². The van der Waals surface area contributed by atoms with Gasteiger partial charge in [0.2, 0.25) is 5.91 Å². The number of hydrogen-bond acceptors (Lipinski definition) is 7. The van der Waals surface area contributed by atoms with Gasteiger partial charge in [-0.05, 0) is 45.0 Å². The van der Waals surface area contributed by atoms with Crippen molar-refractivity contribution in [3.05, 3.63) is 64.7 Å². The maximum absolute atomic E-state index is 13.8. The molecule has 9 heteroatoms. The van der Waals surface area contributed by atoms with Crippen LogP contribution in [-0.2, 0) is 14.3 Å². The van der Waals surface area contributed by atoms with Crippen LogP contribution in [0.1, 0.15) is 45.5 Å². The first-order chi connectivity index (χ1) is 17.9. The number of aromatic nitrogens is 2. The number of carbonyl (C=O) groups is 2. The van der Waals surface area contributed by atoms with Crippen LogP contribution in [0, 0.1) is 0 Å². The summed E-state index contributed by atoms with van der Waals surface area (Å²) in [4.78, 5) is 47.0. The molecule has 0 N–H and O–H groups in total. The zero-order valence-electron chi connectivity index (χ0n) is 21.7. The molecule has 196 valence electrons. The highest BCUT2D eigenvalue weighted by Crippen LogP contribution is 2.28. The Morgan fingerprint density at radius 2 is 1.65 bits per heavy atom. The van der Waals surface area contributed by atoms with Crippen molar-refractivity contribution in [2.75, 3.05) is 39.4 Å². The standard InChI is InChI=1S/C28H34N4O5/c1-4-36-24-13-9-8-12-23(24)32-27(29-22-11-7-6-10-21(22)28(32)35)20(3)30-16-18-31(19-17-30)25(33)14-15-26(34)37-5-2/h6-13,20H,4-5,14-19H2,1-3H3. The summed E-state index contributed by atoms with van der Waals surface area (Å²) in [6.45, 7) is 8.82. The normalized spacial score (nSPS) is 14.9. The molecule has 37 heavy (non-hydrogen) atoms. The lowest BCUT2D eigenvalue weighted by Crippen LogP contribution is -2.50. The third kappa shape index (κ3) is 5.83. The molecule has 1 saturated heterocycles. The largest absolute Gasteiger partial charge is 0.492 e. The Morgan fingerprint density at radius 3 is 2.38 bits per heavy atom. The van der Waals surface area contributed by atoms with Gasteiger partial charge in [-0.15, -0.1) is 0 Å². The SMILES string of the molecule is CCOC(=O)CCC(=O)N1CCN(C(C)c2nc3ccccc3c(=O)n2-c2ccccc2OCC)CC1. The Hall–Kier alpha value is -3.72. The number of carbonyl (C=O) groups excluding carboxylic acids is 2. The lowest BCUT2D eigenvalue weighted by atomic mass is 10.1. The van der Waals surface area contributed by atoms with E-state index in [1.165, 1.54) is 0 Å². The molecular formula is C28H34N4O5. The zero-order valence-corrected chi connectivity index (χ0v) is 21.7. The first-order valence-electron chi connectivity index (χ1n) is 12.9. The Kier molecular flexibility index (Phi) is 8.55. The van der Waals surface area contributed by atoms with Gasteiger partial charge in [-0.1, -0.05) is 24.3 Å². The summed E-state index contributed by atoms with van der Waals surface area (Å²) in [5, 5.41) is 0.543. The van der Waals surface area contributed by atoms with Crippen LogP contribution < -0.4 is 10.3 Å². The van der Waals surface area contributed by atoms with E-state index in [-0.39, 0.29) is 36.3 Å². The maximum Gasteiger partial charge on any atom is 0.306 e. The summed E-state index contributed by atoms with van der Waals surface area (Å²) in [7, 11) is 0. The predicted molar refractivity (Wildman–Crippen MR) is 141 cm³/mol. The molecule has 1 amide bonds. The van der Waals surface area contributed by atoms with Crippen molar-refractivity contribution in [1.82, 2.24) is 19.4 Å². The van der Waals surface area contributed by atoms with Gasteiger partial charge in [0.05, 0.1) is 42.3 Å². The predicted octanol–water partition coefficient (Wildman–Crippen LogP) is 3.33. The van der Waals surface area contributed by atoms with E-state index in [9.17, 15) is 14.4 Å². The third-order valence-corrected chi connectivity index (χ3v) is 6.64. The highest BCUT2D eigenvalue weighted by molar-refractivity contribution is 5.81. The lowest BCUT2D eigenvalue weighted by molar-refractivity contribution is -0.146. The number of hydrogen-bond donors (Lipinski definition) is 0. The van der Waals surface area contributed by atoms with Gasteiger partial charge in [-0.25, -0.2) is 4.98 Å². The molecule has 3 aromatic rings. The fourth-order valence-corrected chi connectivity index (χ4v) is 4.70.